The largest absolute Gasteiger partial charge is 0.350 e. The zero-order valence-corrected chi connectivity index (χ0v) is 15.9. The second kappa shape index (κ2) is 8.31. The minimum atomic E-state index is -4.00. The van der Waals surface area contributed by atoms with Crippen molar-refractivity contribution in [2.24, 2.45) is 0 Å². The lowest BCUT2D eigenvalue weighted by molar-refractivity contribution is 0.0938. The monoisotopic (exact) mass is 378 g/mol. The van der Waals surface area contributed by atoms with Gasteiger partial charge in [-0.05, 0) is 43.7 Å². The van der Waals surface area contributed by atoms with Crippen molar-refractivity contribution in [1.29, 1.82) is 0 Å². The van der Waals surface area contributed by atoms with Crippen LogP contribution < -0.4 is 9.62 Å². The van der Waals surface area contributed by atoms with Gasteiger partial charge in [0.2, 0.25) is 0 Å². The van der Waals surface area contributed by atoms with Crippen LogP contribution >= 0.6 is 0 Å². The van der Waals surface area contributed by atoms with Crippen molar-refractivity contribution in [1.82, 2.24) is 5.32 Å². The van der Waals surface area contributed by atoms with E-state index in [9.17, 15) is 17.6 Å². The van der Waals surface area contributed by atoms with E-state index in [2.05, 4.69) is 5.32 Å². The molecule has 0 radical (unpaired) electrons. The molecule has 1 atom stereocenters. The average Bonchev–Trinajstić information content (AvgIpc) is 2.61. The minimum Gasteiger partial charge on any atom is -0.350 e. The lowest BCUT2D eigenvalue weighted by Gasteiger charge is -2.20. The topological polar surface area (TPSA) is 66.5 Å². The van der Waals surface area contributed by atoms with Crippen molar-refractivity contribution in [2.75, 3.05) is 11.4 Å². The Hall–Kier alpha value is -2.41. The predicted molar refractivity (Wildman–Crippen MR) is 100 cm³/mol. The van der Waals surface area contributed by atoms with E-state index in [1.807, 2.05) is 13.8 Å². The number of nitrogens with one attached hydrogen (secondary N) is 1. The number of hydrogen-bond donors (Lipinski definition) is 1. The average molecular weight is 378 g/mol. The van der Waals surface area contributed by atoms with E-state index in [0.29, 0.717) is 0 Å². The summed E-state index contributed by atoms with van der Waals surface area (Å²) in [6, 6.07) is 11.4. The third-order valence-corrected chi connectivity index (χ3v) is 5.81. The number of sulfonamides is 1. The summed E-state index contributed by atoms with van der Waals surface area (Å²) in [5.74, 6) is -0.975. The second-order valence-electron chi connectivity index (χ2n) is 6.11. The maximum Gasteiger partial charge on any atom is 0.264 e. The van der Waals surface area contributed by atoms with Gasteiger partial charge in [0.1, 0.15) is 5.82 Å². The summed E-state index contributed by atoms with van der Waals surface area (Å²) < 4.78 is 40.4. The lowest BCUT2D eigenvalue weighted by atomic mass is 10.1. The molecule has 140 valence electrons. The second-order valence-corrected chi connectivity index (χ2v) is 8.08. The number of carbonyl (C=O) groups excluding carboxylic acids is 1. The van der Waals surface area contributed by atoms with Crippen molar-refractivity contribution >= 4 is 21.6 Å². The van der Waals surface area contributed by atoms with Crippen molar-refractivity contribution in [3.05, 3.63) is 59.9 Å². The van der Waals surface area contributed by atoms with Gasteiger partial charge in [-0.25, -0.2) is 12.8 Å². The van der Waals surface area contributed by atoms with Crippen LogP contribution in [0.2, 0.25) is 0 Å². The first-order valence-electron chi connectivity index (χ1n) is 8.41. The Balaban J connectivity index is 2.31. The van der Waals surface area contributed by atoms with Gasteiger partial charge in [0.25, 0.3) is 15.9 Å². The van der Waals surface area contributed by atoms with Crippen molar-refractivity contribution in [2.45, 2.75) is 37.6 Å². The number of para-hydroxylation sites is 1. The highest BCUT2D eigenvalue weighted by molar-refractivity contribution is 7.92. The number of anilines is 1. The van der Waals surface area contributed by atoms with E-state index in [-0.39, 0.29) is 28.1 Å². The molecule has 2 rings (SSSR count). The van der Waals surface area contributed by atoms with Crippen molar-refractivity contribution in [3.8, 4) is 0 Å². The quantitative estimate of drug-likeness (QED) is 0.801. The predicted octanol–water partition coefficient (Wildman–Crippen LogP) is 3.57. The van der Waals surface area contributed by atoms with Gasteiger partial charge in [-0.1, -0.05) is 31.5 Å². The first-order valence-corrected chi connectivity index (χ1v) is 9.85. The zero-order chi connectivity index (χ0) is 19.3. The molecule has 1 unspecified atom stereocenters. The van der Waals surface area contributed by atoms with Gasteiger partial charge in [0.05, 0.1) is 10.6 Å². The smallest absolute Gasteiger partial charge is 0.264 e. The number of rotatable bonds is 7. The molecule has 7 heteroatoms. The Labute approximate surface area is 153 Å². The highest BCUT2D eigenvalue weighted by Crippen LogP contribution is 2.25. The van der Waals surface area contributed by atoms with Crippen LogP contribution in [-0.4, -0.2) is 27.4 Å². The normalized spacial score (nSPS) is 12.5. The summed E-state index contributed by atoms with van der Waals surface area (Å²) in [6.07, 6.45) is 1.77. The maximum absolute atomic E-state index is 13.9. The number of nitrogens with zero attached hydrogens (tertiary/aromatic N) is 1. The first-order chi connectivity index (χ1) is 12.3. The summed E-state index contributed by atoms with van der Waals surface area (Å²) in [6.45, 7) is 3.92. The number of benzene rings is 2. The molecule has 26 heavy (non-hydrogen) atoms. The maximum atomic E-state index is 13.9. The van der Waals surface area contributed by atoms with E-state index in [4.69, 9.17) is 0 Å². The van der Waals surface area contributed by atoms with Gasteiger partial charge in [-0.3, -0.25) is 9.10 Å². The van der Waals surface area contributed by atoms with Crippen LogP contribution in [0, 0.1) is 5.82 Å². The molecule has 0 aliphatic carbocycles. The standard InChI is InChI=1S/C19H23FN2O3S/c1-4-8-14(2)21-19(23)15-9-7-10-16(13-15)26(24,25)22(3)18-12-6-5-11-17(18)20/h5-7,9-14H,4,8H2,1-3H3,(H,21,23). The first kappa shape index (κ1) is 19.9. The van der Waals surface area contributed by atoms with Crippen LogP contribution in [0.25, 0.3) is 0 Å². The van der Waals surface area contributed by atoms with E-state index in [1.54, 1.807) is 12.1 Å². The highest BCUT2D eigenvalue weighted by atomic mass is 32.2. The van der Waals surface area contributed by atoms with Crippen LogP contribution in [0.15, 0.2) is 53.4 Å². The molecule has 0 spiro atoms. The van der Waals surface area contributed by atoms with Gasteiger partial charge >= 0.3 is 0 Å². The number of halogens is 1. The van der Waals surface area contributed by atoms with Gasteiger partial charge < -0.3 is 5.32 Å². The summed E-state index contributed by atoms with van der Waals surface area (Å²) in [5.41, 5.74) is 0.190. The summed E-state index contributed by atoms with van der Waals surface area (Å²) in [7, 11) is -2.71. The van der Waals surface area contributed by atoms with Crippen LogP contribution in [0.5, 0.6) is 0 Å². The van der Waals surface area contributed by atoms with Gasteiger partial charge in [0.15, 0.2) is 0 Å². The highest BCUT2D eigenvalue weighted by Gasteiger charge is 2.24. The molecule has 0 aliphatic rings. The third kappa shape index (κ3) is 4.40. The van der Waals surface area contributed by atoms with Gasteiger partial charge in [0, 0.05) is 18.7 Å². The third-order valence-electron chi connectivity index (χ3n) is 4.05. The molecule has 1 N–H and O–H groups in total. The van der Waals surface area contributed by atoms with Crippen LogP contribution in [0.1, 0.15) is 37.0 Å². The molecule has 0 fully saturated rings. The summed E-state index contributed by atoms with van der Waals surface area (Å²) in [4.78, 5) is 12.3. The molecule has 0 saturated heterocycles. The Morgan fingerprint density at radius 1 is 1.19 bits per heavy atom. The molecule has 0 aromatic heterocycles. The SMILES string of the molecule is CCCC(C)NC(=O)c1cccc(S(=O)(=O)N(C)c2ccccc2F)c1. The molecule has 5 nitrogen and oxygen atoms in total. The van der Waals surface area contributed by atoms with E-state index >= 15 is 0 Å². The molecule has 0 heterocycles. The van der Waals surface area contributed by atoms with Crippen LogP contribution in [0.3, 0.4) is 0 Å². The molecule has 0 aliphatic heterocycles. The van der Waals surface area contributed by atoms with E-state index in [1.165, 1.54) is 43.4 Å². The van der Waals surface area contributed by atoms with Crippen LogP contribution in [-0.2, 0) is 10.0 Å². The molecule has 1 amide bonds. The molecule has 0 bridgehead atoms. The van der Waals surface area contributed by atoms with Crippen molar-refractivity contribution in [3.63, 3.8) is 0 Å². The number of amides is 1. The van der Waals surface area contributed by atoms with Gasteiger partial charge in [-0.15, -0.1) is 0 Å². The van der Waals surface area contributed by atoms with E-state index < -0.39 is 15.8 Å². The zero-order valence-electron chi connectivity index (χ0n) is 15.1. The molecule has 2 aromatic rings. The van der Waals surface area contributed by atoms with Crippen molar-refractivity contribution < 1.29 is 17.6 Å². The van der Waals surface area contributed by atoms with Crippen LogP contribution in [0.4, 0.5) is 10.1 Å². The van der Waals surface area contributed by atoms with Gasteiger partial charge in [-0.2, -0.15) is 0 Å². The minimum absolute atomic E-state index is 0.00569. The Kier molecular flexibility index (Phi) is 6.37. The summed E-state index contributed by atoms with van der Waals surface area (Å²) >= 11 is 0. The Morgan fingerprint density at radius 2 is 1.88 bits per heavy atom. The molecular weight excluding hydrogens is 355 g/mol. The fraction of sp³-hybridized carbons (Fsp3) is 0.316. The molecular formula is C19H23FN2O3S. The fourth-order valence-corrected chi connectivity index (χ4v) is 3.85. The Bertz CT molecular complexity index is 884. The van der Waals surface area contributed by atoms with E-state index in [0.717, 1.165) is 17.1 Å². The lowest BCUT2D eigenvalue weighted by Crippen LogP contribution is -2.32. The number of carbonyl (C=O) groups is 1. The number of hydrogen-bond acceptors (Lipinski definition) is 3. The fourth-order valence-electron chi connectivity index (χ4n) is 2.60. The molecule has 2 aromatic carbocycles. The molecule has 0 saturated carbocycles. The summed E-state index contributed by atoms with van der Waals surface area (Å²) in [5, 5.41) is 2.84. The Morgan fingerprint density at radius 3 is 2.54 bits per heavy atom.